The zero-order valence-corrected chi connectivity index (χ0v) is 11.3. The van der Waals surface area contributed by atoms with Gasteiger partial charge in [-0.1, -0.05) is 24.3 Å². The number of aliphatic carboxylic acids is 1. The molecule has 0 radical (unpaired) electrons. The van der Waals surface area contributed by atoms with Crippen LogP contribution < -0.4 is 5.73 Å². The summed E-state index contributed by atoms with van der Waals surface area (Å²) in [6.45, 7) is 5.37. The Bertz CT molecular complexity index is 477. The molecular formula is C14H19NO4. The molecule has 0 heterocycles. The normalized spacial score (nSPS) is 12.8. The molecule has 1 aromatic rings. The van der Waals surface area contributed by atoms with Gasteiger partial charge in [0.15, 0.2) is 5.92 Å². The van der Waals surface area contributed by atoms with Gasteiger partial charge in [-0.25, -0.2) is 0 Å². The third kappa shape index (κ3) is 4.37. The van der Waals surface area contributed by atoms with Crippen molar-refractivity contribution in [3.05, 3.63) is 35.4 Å². The van der Waals surface area contributed by atoms with Crippen LogP contribution in [-0.2, 0) is 20.9 Å². The second kappa shape index (κ2) is 5.84. The van der Waals surface area contributed by atoms with Gasteiger partial charge in [-0.3, -0.25) is 9.59 Å². The summed E-state index contributed by atoms with van der Waals surface area (Å²) in [5.41, 5.74) is 5.93. The Hall–Kier alpha value is -1.88. The van der Waals surface area contributed by atoms with Crippen molar-refractivity contribution in [2.24, 2.45) is 5.73 Å². The molecule has 19 heavy (non-hydrogen) atoms. The van der Waals surface area contributed by atoms with E-state index < -0.39 is 23.5 Å². The van der Waals surface area contributed by atoms with Crippen molar-refractivity contribution in [2.45, 2.75) is 38.8 Å². The molecule has 3 N–H and O–H groups in total. The lowest BCUT2D eigenvalue weighted by Crippen LogP contribution is -2.31. The summed E-state index contributed by atoms with van der Waals surface area (Å²) in [6.07, 6.45) is 0. The lowest BCUT2D eigenvalue weighted by Gasteiger charge is -2.22. The quantitative estimate of drug-likeness (QED) is 0.638. The summed E-state index contributed by atoms with van der Waals surface area (Å²) >= 11 is 0. The van der Waals surface area contributed by atoms with Crippen LogP contribution >= 0.6 is 0 Å². The number of carbonyl (C=O) groups excluding carboxylic acids is 1. The Morgan fingerprint density at radius 2 is 2.00 bits per heavy atom. The Kier molecular flexibility index (Phi) is 4.67. The Balaban J connectivity index is 3.07. The van der Waals surface area contributed by atoms with Gasteiger partial charge in [-0.15, -0.1) is 0 Å². The highest BCUT2D eigenvalue weighted by molar-refractivity contribution is 6.00. The number of carboxylic acid groups (broad SMARTS) is 1. The Morgan fingerprint density at radius 1 is 1.37 bits per heavy atom. The van der Waals surface area contributed by atoms with Crippen LogP contribution in [0.4, 0.5) is 0 Å². The topological polar surface area (TPSA) is 89.6 Å². The van der Waals surface area contributed by atoms with E-state index in [2.05, 4.69) is 0 Å². The van der Waals surface area contributed by atoms with Crippen molar-refractivity contribution in [1.82, 2.24) is 0 Å². The first-order chi connectivity index (χ1) is 8.74. The average Bonchev–Trinajstić information content (AvgIpc) is 2.26. The fraction of sp³-hybridized carbons (Fsp3) is 0.429. The Morgan fingerprint density at radius 3 is 2.47 bits per heavy atom. The lowest BCUT2D eigenvalue weighted by atomic mass is 9.97. The van der Waals surface area contributed by atoms with Crippen LogP contribution in [0.5, 0.6) is 0 Å². The first kappa shape index (κ1) is 15.2. The average molecular weight is 265 g/mol. The maximum absolute atomic E-state index is 12.0. The summed E-state index contributed by atoms with van der Waals surface area (Å²) in [6, 6.07) is 6.65. The van der Waals surface area contributed by atoms with E-state index in [1.165, 1.54) is 0 Å². The first-order valence-electron chi connectivity index (χ1n) is 5.99. The molecule has 0 aliphatic rings. The standard InChI is InChI=1S/C14H19NO4/c1-14(2,3)19-13(18)11(12(16)17)10-6-4-5-9(7-10)8-15/h4-7,11H,8,15H2,1-3H3,(H,16,17). The molecule has 1 rings (SSSR count). The van der Waals surface area contributed by atoms with E-state index in [1.807, 2.05) is 0 Å². The van der Waals surface area contributed by atoms with Crippen molar-refractivity contribution in [3.63, 3.8) is 0 Å². The van der Waals surface area contributed by atoms with Gasteiger partial charge in [-0.2, -0.15) is 0 Å². The zero-order valence-electron chi connectivity index (χ0n) is 11.3. The summed E-state index contributed by atoms with van der Waals surface area (Å²) in [5.74, 6) is -3.33. The number of hydrogen-bond donors (Lipinski definition) is 2. The van der Waals surface area contributed by atoms with E-state index in [0.717, 1.165) is 5.56 Å². The molecule has 1 atom stereocenters. The smallest absolute Gasteiger partial charge is 0.325 e. The maximum atomic E-state index is 12.0. The third-order valence-corrected chi connectivity index (χ3v) is 2.41. The molecule has 104 valence electrons. The molecule has 0 aliphatic carbocycles. The van der Waals surface area contributed by atoms with Crippen molar-refractivity contribution >= 4 is 11.9 Å². The number of esters is 1. The van der Waals surface area contributed by atoms with Gasteiger partial charge in [0, 0.05) is 6.54 Å². The molecule has 0 bridgehead atoms. The van der Waals surface area contributed by atoms with E-state index in [-0.39, 0.29) is 6.54 Å². The Labute approximate surface area is 112 Å². The third-order valence-electron chi connectivity index (χ3n) is 2.41. The van der Waals surface area contributed by atoms with Gasteiger partial charge in [0.05, 0.1) is 0 Å². The van der Waals surface area contributed by atoms with Crippen LogP contribution in [0.3, 0.4) is 0 Å². The van der Waals surface area contributed by atoms with Crippen LogP contribution in [0.1, 0.15) is 37.8 Å². The fourth-order valence-electron chi connectivity index (χ4n) is 1.64. The van der Waals surface area contributed by atoms with E-state index in [0.29, 0.717) is 5.56 Å². The summed E-state index contributed by atoms with van der Waals surface area (Å²) in [4.78, 5) is 23.3. The van der Waals surface area contributed by atoms with Crippen molar-refractivity contribution < 1.29 is 19.4 Å². The van der Waals surface area contributed by atoms with Crippen LogP contribution in [0.2, 0.25) is 0 Å². The largest absolute Gasteiger partial charge is 0.480 e. The highest BCUT2D eigenvalue weighted by Gasteiger charge is 2.32. The molecule has 0 fully saturated rings. The lowest BCUT2D eigenvalue weighted by molar-refractivity contribution is -0.162. The molecule has 1 unspecified atom stereocenters. The van der Waals surface area contributed by atoms with Crippen LogP contribution in [-0.4, -0.2) is 22.6 Å². The molecule has 5 heteroatoms. The highest BCUT2D eigenvalue weighted by Crippen LogP contribution is 2.22. The highest BCUT2D eigenvalue weighted by atomic mass is 16.6. The van der Waals surface area contributed by atoms with Gasteiger partial charge in [0.1, 0.15) is 5.60 Å². The van der Waals surface area contributed by atoms with Gasteiger partial charge in [0.2, 0.25) is 0 Å². The number of carbonyl (C=O) groups is 2. The number of hydrogen-bond acceptors (Lipinski definition) is 4. The van der Waals surface area contributed by atoms with Crippen molar-refractivity contribution in [2.75, 3.05) is 0 Å². The molecule has 5 nitrogen and oxygen atoms in total. The molecule has 0 aliphatic heterocycles. The molecular weight excluding hydrogens is 246 g/mol. The van der Waals surface area contributed by atoms with Crippen LogP contribution in [0.25, 0.3) is 0 Å². The predicted molar refractivity (Wildman–Crippen MR) is 70.6 cm³/mol. The molecule has 0 saturated carbocycles. The van der Waals surface area contributed by atoms with Gasteiger partial charge in [0.25, 0.3) is 0 Å². The molecule has 0 aromatic heterocycles. The number of nitrogens with two attached hydrogens (primary N) is 1. The SMILES string of the molecule is CC(C)(C)OC(=O)C(C(=O)O)c1cccc(CN)c1. The van der Waals surface area contributed by atoms with Crippen molar-refractivity contribution in [3.8, 4) is 0 Å². The second-order valence-corrected chi connectivity index (χ2v) is 5.25. The summed E-state index contributed by atoms with van der Waals surface area (Å²) in [5, 5.41) is 9.23. The summed E-state index contributed by atoms with van der Waals surface area (Å²) in [7, 11) is 0. The first-order valence-corrected chi connectivity index (χ1v) is 5.99. The molecule has 0 saturated heterocycles. The number of ether oxygens (including phenoxy) is 1. The van der Waals surface area contributed by atoms with Gasteiger partial charge < -0.3 is 15.6 Å². The molecule has 0 spiro atoms. The number of benzene rings is 1. The summed E-state index contributed by atoms with van der Waals surface area (Å²) < 4.78 is 5.14. The van der Waals surface area contributed by atoms with Crippen LogP contribution in [0, 0.1) is 0 Å². The minimum absolute atomic E-state index is 0.286. The molecule has 0 amide bonds. The number of carboxylic acids is 1. The van der Waals surface area contributed by atoms with E-state index in [9.17, 15) is 14.7 Å². The molecule has 1 aromatic carbocycles. The minimum atomic E-state index is -1.33. The van der Waals surface area contributed by atoms with Crippen LogP contribution in [0.15, 0.2) is 24.3 Å². The van der Waals surface area contributed by atoms with Crippen molar-refractivity contribution in [1.29, 1.82) is 0 Å². The zero-order chi connectivity index (χ0) is 14.6. The van der Waals surface area contributed by atoms with Gasteiger partial charge in [-0.05, 0) is 31.9 Å². The fourth-order valence-corrected chi connectivity index (χ4v) is 1.64. The van der Waals surface area contributed by atoms with E-state index >= 15 is 0 Å². The second-order valence-electron chi connectivity index (χ2n) is 5.25. The predicted octanol–water partition coefficient (Wildman–Crippen LogP) is 1.66. The monoisotopic (exact) mass is 265 g/mol. The minimum Gasteiger partial charge on any atom is -0.480 e. The van der Waals surface area contributed by atoms with E-state index in [4.69, 9.17) is 10.5 Å². The van der Waals surface area contributed by atoms with Gasteiger partial charge >= 0.3 is 11.9 Å². The maximum Gasteiger partial charge on any atom is 0.325 e. The van der Waals surface area contributed by atoms with E-state index in [1.54, 1.807) is 45.0 Å². The number of rotatable bonds is 4.